The third-order valence-electron chi connectivity index (χ3n) is 6.25. The van der Waals surface area contributed by atoms with Gasteiger partial charge < -0.3 is 14.3 Å². The summed E-state index contributed by atoms with van der Waals surface area (Å²) in [5.41, 5.74) is 1.13. The second kappa shape index (κ2) is 6.46. The Kier molecular flexibility index (Phi) is 4.29. The minimum absolute atomic E-state index is 0.101. The van der Waals surface area contributed by atoms with Crippen molar-refractivity contribution in [2.24, 2.45) is 11.8 Å². The normalized spacial score (nSPS) is 27.2. The number of aryl methyl sites for hydroxylation is 2. The van der Waals surface area contributed by atoms with E-state index in [2.05, 4.69) is 5.16 Å². The van der Waals surface area contributed by atoms with E-state index in [4.69, 9.17) is 4.52 Å². The van der Waals surface area contributed by atoms with E-state index >= 15 is 0 Å². The van der Waals surface area contributed by atoms with Gasteiger partial charge in [-0.15, -0.1) is 0 Å². The van der Waals surface area contributed by atoms with Crippen LogP contribution in [0.25, 0.3) is 0 Å². The summed E-state index contributed by atoms with van der Waals surface area (Å²) in [5, 5.41) is 3.90. The van der Waals surface area contributed by atoms with E-state index < -0.39 is 0 Å². The molecule has 6 nitrogen and oxygen atoms in total. The summed E-state index contributed by atoms with van der Waals surface area (Å²) in [6.45, 7) is 5.94. The van der Waals surface area contributed by atoms with Crippen molar-refractivity contribution < 1.29 is 14.1 Å². The van der Waals surface area contributed by atoms with Gasteiger partial charge in [-0.1, -0.05) is 18.0 Å². The first-order valence-electron chi connectivity index (χ1n) is 9.57. The third-order valence-corrected chi connectivity index (χ3v) is 6.25. The van der Waals surface area contributed by atoms with Crippen molar-refractivity contribution in [3.05, 3.63) is 17.0 Å². The molecule has 3 aliphatic rings. The molecular weight excluding hydrogens is 318 g/mol. The van der Waals surface area contributed by atoms with Crippen molar-refractivity contribution in [3.8, 4) is 0 Å². The van der Waals surface area contributed by atoms with Gasteiger partial charge in [-0.2, -0.15) is 0 Å². The van der Waals surface area contributed by atoms with Crippen LogP contribution in [0, 0.1) is 25.7 Å². The molecule has 1 aromatic rings. The highest BCUT2D eigenvalue weighted by molar-refractivity contribution is 5.99. The molecule has 0 aromatic carbocycles. The van der Waals surface area contributed by atoms with Crippen LogP contribution in [0.1, 0.15) is 60.3 Å². The first-order valence-corrected chi connectivity index (χ1v) is 9.57. The van der Waals surface area contributed by atoms with Crippen molar-refractivity contribution in [2.45, 2.75) is 58.4 Å². The zero-order valence-electron chi connectivity index (χ0n) is 15.2. The number of likely N-dealkylation sites (tertiary alicyclic amines) is 2. The fourth-order valence-corrected chi connectivity index (χ4v) is 4.89. The zero-order valence-corrected chi connectivity index (χ0v) is 15.2. The van der Waals surface area contributed by atoms with Gasteiger partial charge in [-0.25, -0.2) is 0 Å². The predicted octanol–water partition coefficient (Wildman–Crippen LogP) is 2.54. The first kappa shape index (κ1) is 16.6. The Balaban J connectivity index is 1.53. The number of carbonyl (C=O) groups excluding carboxylic acids is 2. The van der Waals surface area contributed by atoms with Gasteiger partial charge in [0.1, 0.15) is 17.4 Å². The van der Waals surface area contributed by atoms with Crippen molar-refractivity contribution in [3.63, 3.8) is 0 Å². The van der Waals surface area contributed by atoms with Crippen molar-refractivity contribution >= 4 is 11.8 Å². The number of aromatic nitrogens is 1. The lowest BCUT2D eigenvalue weighted by molar-refractivity contribution is -0.144. The number of amides is 2. The van der Waals surface area contributed by atoms with Crippen LogP contribution in [0.4, 0.5) is 0 Å². The molecular formula is C19H27N3O3. The van der Waals surface area contributed by atoms with Crippen LogP contribution in [0.5, 0.6) is 0 Å². The monoisotopic (exact) mass is 345 g/mol. The van der Waals surface area contributed by atoms with Crippen molar-refractivity contribution in [2.75, 3.05) is 19.6 Å². The quantitative estimate of drug-likeness (QED) is 0.844. The molecule has 0 radical (unpaired) electrons. The molecule has 0 spiro atoms. The average molecular weight is 345 g/mol. The SMILES string of the molecule is Cc1noc(C)c1C(=O)N1CC[C@H]2C[C@@H]1C(=O)N(CC1CCCC1)C2. The number of carbonyl (C=O) groups is 2. The van der Waals surface area contributed by atoms with E-state index in [1.807, 2.05) is 4.90 Å². The summed E-state index contributed by atoms with van der Waals surface area (Å²) in [4.78, 5) is 29.9. The van der Waals surface area contributed by atoms with Gasteiger partial charge in [0.15, 0.2) is 0 Å². The third kappa shape index (κ3) is 2.96. The highest BCUT2D eigenvalue weighted by atomic mass is 16.5. The van der Waals surface area contributed by atoms with Gasteiger partial charge in [0.2, 0.25) is 5.91 Å². The lowest BCUT2D eigenvalue weighted by Gasteiger charge is -2.47. The van der Waals surface area contributed by atoms with Crippen LogP contribution < -0.4 is 0 Å². The average Bonchev–Trinajstić information content (AvgIpc) is 3.22. The Labute approximate surface area is 148 Å². The Bertz CT molecular complexity index is 658. The molecule has 4 rings (SSSR count). The van der Waals surface area contributed by atoms with E-state index in [-0.39, 0.29) is 17.9 Å². The van der Waals surface area contributed by atoms with E-state index in [0.717, 1.165) is 25.9 Å². The zero-order chi connectivity index (χ0) is 17.6. The summed E-state index contributed by atoms with van der Waals surface area (Å²) >= 11 is 0. The standard InChI is InChI=1S/C19H27N3O3/c1-12-17(13(2)25-20-12)19(24)22-8-7-15-9-16(22)18(23)21(11-15)10-14-5-3-4-6-14/h14-16H,3-11H2,1-2H3/t15-,16+/m0/s1. The second-order valence-electron chi connectivity index (χ2n) is 8.00. The highest BCUT2D eigenvalue weighted by Crippen LogP contribution is 2.34. The molecule has 0 N–H and O–H groups in total. The number of piperidine rings is 2. The van der Waals surface area contributed by atoms with Crippen LogP contribution in [0.15, 0.2) is 4.52 Å². The molecule has 6 heteroatoms. The Morgan fingerprint density at radius 3 is 2.68 bits per heavy atom. The topological polar surface area (TPSA) is 66.7 Å². The predicted molar refractivity (Wildman–Crippen MR) is 92.1 cm³/mol. The number of hydrogen-bond donors (Lipinski definition) is 0. The van der Waals surface area contributed by atoms with Gasteiger partial charge >= 0.3 is 0 Å². The Morgan fingerprint density at radius 1 is 1.24 bits per heavy atom. The fourth-order valence-electron chi connectivity index (χ4n) is 4.89. The highest BCUT2D eigenvalue weighted by Gasteiger charge is 2.44. The number of fused-ring (bicyclic) bond motifs is 2. The van der Waals surface area contributed by atoms with Crippen LogP contribution in [-0.2, 0) is 4.79 Å². The second-order valence-corrected chi connectivity index (χ2v) is 8.00. The molecule has 136 valence electrons. The van der Waals surface area contributed by atoms with Gasteiger partial charge in [0.05, 0.1) is 5.69 Å². The van der Waals surface area contributed by atoms with E-state index in [0.29, 0.717) is 35.4 Å². The van der Waals surface area contributed by atoms with Gasteiger partial charge in [0.25, 0.3) is 5.91 Å². The molecule has 0 unspecified atom stereocenters. The van der Waals surface area contributed by atoms with E-state index in [9.17, 15) is 9.59 Å². The fraction of sp³-hybridized carbons (Fsp3) is 0.737. The Morgan fingerprint density at radius 2 is 2.00 bits per heavy atom. The maximum absolute atomic E-state index is 13.1. The molecule has 3 heterocycles. The number of hydrogen-bond acceptors (Lipinski definition) is 4. The maximum Gasteiger partial charge on any atom is 0.260 e. The summed E-state index contributed by atoms with van der Waals surface area (Å²) in [7, 11) is 0. The van der Waals surface area contributed by atoms with E-state index in [1.54, 1.807) is 18.7 Å². The minimum Gasteiger partial charge on any atom is -0.361 e. The molecule has 2 amide bonds. The van der Waals surface area contributed by atoms with E-state index in [1.165, 1.54) is 25.7 Å². The molecule has 2 aliphatic heterocycles. The van der Waals surface area contributed by atoms with Crippen LogP contribution >= 0.6 is 0 Å². The summed E-state index contributed by atoms with van der Waals surface area (Å²) < 4.78 is 5.16. The lowest BCUT2D eigenvalue weighted by Crippen LogP contribution is -2.60. The van der Waals surface area contributed by atoms with Crippen LogP contribution in [0.3, 0.4) is 0 Å². The van der Waals surface area contributed by atoms with Crippen molar-refractivity contribution in [1.82, 2.24) is 15.0 Å². The summed E-state index contributed by atoms with van der Waals surface area (Å²) in [6, 6.07) is -0.310. The molecule has 3 fully saturated rings. The smallest absolute Gasteiger partial charge is 0.260 e. The van der Waals surface area contributed by atoms with Gasteiger partial charge in [-0.3, -0.25) is 9.59 Å². The summed E-state index contributed by atoms with van der Waals surface area (Å²) in [6.07, 6.45) is 6.82. The van der Waals surface area contributed by atoms with Crippen molar-refractivity contribution in [1.29, 1.82) is 0 Å². The molecule has 2 bridgehead atoms. The molecule has 1 saturated carbocycles. The lowest BCUT2D eigenvalue weighted by atomic mass is 9.85. The molecule has 1 aliphatic carbocycles. The van der Waals surface area contributed by atoms with Crippen LogP contribution in [0.2, 0.25) is 0 Å². The van der Waals surface area contributed by atoms with Gasteiger partial charge in [0, 0.05) is 19.6 Å². The maximum atomic E-state index is 13.1. The number of rotatable bonds is 3. The first-order chi connectivity index (χ1) is 12.0. The molecule has 2 saturated heterocycles. The molecule has 1 aromatic heterocycles. The Hall–Kier alpha value is -1.85. The largest absolute Gasteiger partial charge is 0.361 e. The summed E-state index contributed by atoms with van der Waals surface area (Å²) in [5.74, 6) is 1.75. The minimum atomic E-state index is -0.310. The molecule has 25 heavy (non-hydrogen) atoms. The van der Waals surface area contributed by atoms with Gasteiger partial charge in [-0.05, 0) is 51.4 Å². The van der Waals surface area contributed by atoms with Crippen LogP contribution in [-0.4, -0.2) is 52.4 Å². The molecule has 2 atom stereocenters. The number of nitrogens with zero attached hydrogens (tertiary/aromatic N) is 3.